The number of amides is 1. The molecule has 0 unspecified atom stereocenters. The number of rotatable bonds is 9. The smallest absolute Gasteiger partial charge is 0.249 e. The molecular formula is C14H25NO2. The first-order valence-corrected chi connectivity index (χ1v) is 6.41. The van der Waals surface area contributed by atoms with E-state index < -0.39 is 0 Å². The third kappa shape index (κ3) is 7.72. The fourth-order valence-electron chi connectivity index (χ4n) is 1.72. The first-order valence-electron chi connectivity index (χ1n) is 6.41. The molecule has 98 valence electrons. The molecule has 0 rings (SSSR count). The van der Waals surface area contributed by atoms with Crippen LogP contribution >= 0.6 is 0 Å². The molecule has 0 saturated carbocycles. The normalized spacial score (nSPS) is 10.1. The van der Waals surface area contributed by atoms with Crippen LogP contribution in [-0.4, -0.2) is 30.2 Å². The lowest BCUT2D eigenvalue weighted by molar-refractivity contribution is -0.130. The zero-order chi connectivity index (χ0) is 13.3. The molecule has 0 fully saturated rings. The molecule has 0 aromatic rings. The van der Waals surface area contributed by atoms with Crippen LogP contribution in [0.1, 0.15) is 52.4 Å². The molecular weight excluding hydrogens is 214 g/mol. The summed E-state index contributed by atoms with van der Waals surface area (Å²) in [7, 11) is 1.64. The fraction of sp³-hybridized carbons (Fsp3) is 0.714. The van der Waals surface area contributed by atoms with Crippen LogP contribution in [0, 0.1) is 0 Å². The molecule has 0 aromatic heterocycles. The molecule has 3 nitrogen and oxygen atoms in total. The van der Waals surface area contributed by atoms with Crippen molar-refractivity contribution in [1.82, 2.24) is 4.90 Å². The summed E-state index contributed by atoms with van der Waals surface area (Å²) in [6.07, 6.45) is 6.60. The summed E-state index contributed by atoms with van der Waals surface area (Å²) in [6.45, 7) is 7.64. The van der Waals surface area contributed by atoms with E-state index in [9.17, 15) is 9.59 Å². The Labute approximate surface area is 105 Å². The molecule has 0 atom stereocenters. The Hall–Kier alpha value is -1.12. The summed E-state index contributed by atoms with van der Waals surface area (Å²) in [5.74, 6) is -0.104. The predicted molar refractivity (Wildman–Crippen MR) is 70.8 cm³/mol. The van der Waals surface area contributed by atoms with Gasteiger partial charge in [0.05, 0.1) is 6.54 Å². The van der Waals surface area contributed by atoms with Crippen LogP contribution in [0.15, 0.2) is 12.2 Å². The molecule has 3 heteroatoms. The molecule has 0 spiro atoms. The molecule has 0 aromatic carbocycles. The van der Waals surface area contributed by atoms with Gasteiger partial charge in [0.25, 0.3) is 0 Å². The van der Waals surface area contributed by atoms with Crippen LogP contribution in [0.2, 0.25) is 0 Å². The van der Waals surface area contributed by atoms with Crippen LogP contribution in [0.4, 0.5) is 0 Å². The molecule has 0 saturated heterocycles. The minimum absolute atomic E-state index is 0.00315. The Balaban J connectivity index is 3.81. The van der Waals surface area contributed by atoms with Gasteiger partial charge in [-0.3, -0.25) is 9.59 Å². The van der Waals surface area contributed by atoms with Gasteiger partial charge in [0.15, 0.2) is 0 Å². The zero-order valence-corrected chi connectivity index (χ0v) is 11.4. The number of carbonyl (C=O) groups is 2. The Kier molecular flexibility index (Phi) is 8.38. The summed E-state index contributed by atoms with van der Waals surface area (Å²) in [5.41, 5.74) is 0.616. The molecule has 0 N–H and O–H groups in total. The van der Waals surface area contributed by atoms with Crippen molar-refractivity contribution < 1.29 is 9.59 Å². The maximum absolute atomic E-state index is 11.8. The van der Waals surface area contributed by atoms with E-state index in [1.54, 1.807) is 7.05 Å². The van der Waals surface area contributed by atoms with Crippen LogP contribution in [0.3, 0.4) is 0 Å². The maximum atomic E-state index is 11.8. The van der Waals surface area contributed by atoms with Crippen molar-refractivity contribution in [2.45, 2.75) is 52.4 Å². The zero-order valence-electron chi connectivity index (χ0n) is 11.4. The van der Waals surface area contributed by atoms with Crippen molar-refractivity contribution in [3.8, 4) is 0 Å². The number of ketones is 1. The Morgan fingerprint density at radius 3 is 2.24 bits per heavy atom. The van der Waals surface area contributed by atoms with Crippen LogP contribution < -0.4 is 0 Å². The highest BCUT2D eigenvalue weighted by molar-refractivity contribution is 5.95. The Morgan fingerprint density at radius 1 is 1.12 bits per heavy atom. The summed E-state index contributed by atoms with van der Waals surface area (Å²) < 4.78 is 0. The Bertz CT molecular complexity index is 271. The van der Waals surface area contributed by atoms with Gasteiger partial charge in [-0.2, -0.15) is 0 Å². The highest BCUT2D eigenvalue weighted by Crippen LogP contribution is 2.11. The third-order valence-electron chi connectivity index (χ3n) is 2.69. The van der Waals surface area contributed by atoms with Gasteiger partial charge >= 0.3 is 0 Å². The van der Waals surface area contributed by atoms with E-state index in [1.807, 2.05) is 0 Å². The standard InChI is InChI=1S/C14H25NO2/c1-5-6-7-8-9-10-12(2)14(17)15(4)11-13(3)16/h2,5-11H2,1,3-4H3. The minimum Gasteiger partial charge on any atom is -0.335 e. The quantitative estimate of drug-likeness (QED) is 0.458. The van der Waals surface area contributed by atoms with Gasteiger partial charge in [0.1, 0.15) is 5.78 Å². The lowest BCUT2D eigenvalue weighted by Gasteiger charge is -2.16. The van der Waals surface area contributed by atoms with E-state index in [2.05, 4.69) is 13.5 Å². The first-order chi connectivity index (χ1) is 7.99. The van der Waals surface area contributed by atoms with E-state index in [0.717, 1.165) is 19.3 Å². The molecule has 0 aliphatic rings. The average molecular weight is 239 g/mol. The summed E-state index contributed by atoms with van der Waals surface area (Å²) >= 11 is 0. The highest BCUT2D eigenvalue weighted by atomic mass is 16.2. The predicted octanol–water partition coefficient (Wildman–Crippen LogP) is 2.95. The number of Topliss-reactive ketones (excluding diaryl/α,β-unsaturated/α-hetero) is 1. The van der Waals surface area contributed by atoms with Gasteiger partial charge < -0.3 is 4.90 Å². The number of likely N-dealkylation sites (N-methyl/N-ethyl adjacent to an activating group) is 1. The number of hydrogen-bond acceptors (Lipinski definition) is 2. The molecule has 0 bridgehead atoms. The number of carbonyl (C=O) groups excluding carboxylic acids is 2. The van der Waals surface area contributed by atoms with Gasteiger partial charge in [-0.1, -0.05) is 39.2 Å². The second-order valence-electron chi connectivity index (χ2n) is 4.63. The molecule has 0 aliphatic heterocycles. The van der Waals surface area contributed by atoms with Crippen molar-refractivity contribution >= 4 is 11.7 Å². The van der Waals surface area contributed by atoms with Gasteiger partial charge in [-0.15, -0.1) is 0 Å². The first kappa shape index (κ1) is 15.9. The molecule has 1 amide bonds. The maximum Gasteiger partial charge on any atom is 0.249 e. The average Bonchev–Trinajstić information content (AvgIpc) is 2.26. The summed E-state index contributed by atoms with van der Waals surface area (Å²) in [5, 5.41) is 0. The minimum atomic E-state index is -0.101. The van der Waals surface area contributed by atoms with Crippen molar-refractivity contribution in [2.24, 2.45) is 0 Å². The van der Waals surface area contributed by atoms with Crippen LogP contribution in [-0.2, 0) is 9.59 Å². The lowest BCUT2D eigenvalue weighted by Crippen LogP contribution is -2.31. The summed E-state index contributed by atoms with van der Waals surface area (Å²) in [4.78, 5) is 24.1. The van der Waals surface area contributed by atoms with Crippen LogP contribution in [0.5, 0.6) is 0 Å². The molecule has 0 aliphatic carbocycles. The van der Waals surface area contributed by atoms with Crippen LogP contribution in [0.25, 0.3) is 0 Å². The van der Waals surface area contributed by atoms with Gasteiger partial charge in [0.2, 0.25) is 5.91 Å². The van der Waals surface area contributed by atoms with Gasteiger partial charge in [-0.05, 0) is 19.8 Å². The van der Waals surface area contributed by atoms with Gasteiger partial charge in [-0.25, -0.2) is 0 Å². The second-order valence-corrected chi connectivity index (χ2v) is 4.63. The Morgan fingerprint density at radius 2 is 1.71 bits per heavy atom. The van der Waals surface area contributed by atoms with E-state index >= 15 is 0 Å². The lowest BCUT2D eigenvalue weighted by atomic mass is 10.1. The van der Waals surface area contributed by atoms with Crippen molar-refractivity contribution in [2.75, 3.05) is 13.6 Å². The second kappa shape index (κ2) is 8.97. The topological polar surface area (TPSA) is 37.4 Å². The van der Waals surface area contributed by atoms with Crippen molar-refractivity contribution in [1.29, 1.82) is 0 Å². The fourth-order valence-corrected chi connectivity index (χ4v) is 1.72. The third-order valence-corrected chi connectivity index (χ3v) is 2.69. The molecule has 17 heavy (non-hydrogen) atoms. The highest BCUT2D eigenvalue weighted by Gasteiger charge is 2.13. The van der Waals surface area contributed by atoms with Crippen molar-refractivity contribution in [3.05, 3.63) is 12.2 Å². The largest absolute Gasteiger partial charge is 0.335 e. The number of unbranched alkanes of at least 4 members (excludes halogenated alkanes) is 4. The SMILES string of the molecule is C=C(CCCCCCC)C(=O)N(C)CC(C)=O. The van der Waals surface area contributed by atoms with Gasteiger partial charge in [0, 0.05) is 12.6 Å². The number of nitrogens with zero attached hydrogens (tertiary/aromatic N) is 1. The monoisotopic (exact) mass is 239 g/mol. The summed E-state index contributed by atoms with van der Waals surface area (Å²) in [6, 6.07) is 0. The van der Waals surface area contributed by atoms with E-state index in [-0.39, 0.29) is 18.2 Å². The van der Waals surface area contributed by atoms with E-state index in [0.29, 0.717) is 5.57 Å². The molecule has 0 heterocycles. The van der Waals surface area contributed by atoms with Crippen molar-refractivity contribution in [3.63, 3.8) is 0 Å². The van der Waals surface area contributed by atoms with E-state index in [4.69, 9.17) is 0 Å². The molecule has 0 radical (unpaired) electrons. The van der Waals surface area contributed by atoms with E-state index in [1.165, 1.54) is 31.1 Å². The number of hydrogen-bond donors (Lipinski definition) is 0.